The predicted octanol–water partition coefficient (Wildman–Crippen LogP) is 0.701. The molecule has 6 nitrogen and oxygen atoms in total. The summed E-state index contributed by atoms with van der Waals surface area (Å²) in [7, 11) is 1.23. The van der Waals surface area contributed by atoms with Crippen molar-refractivity contribution in [3.63, 3.8) is 0 Å². The Morgan fingerprint density at radius 1 is 1.22 bits per heavy atom. The van der Waals surface area contributed by atoms with Crippen LogP contribution in [0.1, 0.15) is 38.5 Å². The van der Waals surface area contributed by atoms with Crippen LogP contribution < -0.4 is 5.32 Å². The van der Waals surface area contributed by atoms with Crippen LogP contribution in [0.15, 0.2) is 0 Å². The van der Waals surface area contributed by atoms with E-state index in [1.807, 2.05) is 0 Å². The van der Waals surface area contributed by atoms with Gasteiger partial charge in [-0.15, -0.1) is 0 Å². The number of methoxy groups -OCH3 is 1. The molecule has 0 aromatic rings. The maximum absolute atomic E-state index is 11.7. The second-order valence-corrected chi connectivity index (χ2v) is 4.68. The number of carboxylic acid groups (broad SMARTS) is 1. The molecular weight excluding hydrogens is 238 g/mol. The summed E-state index contributed by atoms with van der Waals surface area (Å²) in [5.41, 5.74) is -0.960. The quantitative estimate of drug-likeness (QED) is 0.707. The molecule has 102 valence electrons. The number of carbonyl (C=O) groups is 3. The van der Waals surface area contributed by atoms with Gasteiger partial charge in [0.2, 0.25) is 5.91 Å². The Morgan fingerprint density at radius 2 is 1.83 bits per heavy atom. The summed E-state index contributed by atoms with van der Waals surface area (Å²) in [6, 6.07) is 0. The van der Waals surface area contributed by atoms with Crippen molar-refractivity contribution in [2.24, 2.45) is 5.41 Å². The fraction of sp³-hybridized carbons (Fsp3) is 0.750. The molecule has 1 amide bonds. The number of amides is 1. The van der Waals surface area contributed by atoms with E-state index in [1.165, 1.54) is 7.11 Å². The Labute approximate surface area is 106 Å². The van der Waals surface area contributed by atoms with Crippen molar-refractivity contribution in [3.05, 3.63) is 0 Å². The predicted molar refractivity (Wildman–Crippen MR) is 62.8 cm³/mol. The zero-order valence-electron chi connectivity index (χ0n) is 10.5. The van der Waals surface area contributed by atoms with Gasteiger partial charge in [-0.1, -0.05) is 19.3 Å². The molecule has 0 aromatic carbocycles. The van der Waals surface area contributed by atoms with Crippen molar-refractivity contribution in [1.82, 2.24) is 5.32 Å². The normalized spacial score (nSPS) is 17.8. The van der Waals surface area contributed by atoms with Gasteiger partial charge in [-0.25, -0.2) is 0 Å². The lowest BCUT2D eigenvalue weighted by Gasteiger charge is -2.32. The molecule has 18 heavy (non-hydrogen) atoms. The van der Waals surface area contributed by atoms with E-state index >= 15 is 0 Å². The van der Waals surface area contributed by atoms with Crippen LogP contribution in [0, 0.1) is 5.41 Å². The van der Waals surface area contributed by atoms with E-state index in [2.05, 4.69) is 10.1 Å². The fourth-order valence-electron chi connectivity index (χ4n) is 2.31. The van der Waals surface area contributed by atoms with Crippen molar-refractivity contribution in [1.29, 1.82) is 0 Å². The first kappa shape index (κ1) is 14.5. The van der Waals surface area contributed by atoms with E-state index in [4.69, 9.17) is 0 Å². The highest BCUT2D eigenvalue weighted by Crippen LogP contribution is 2.39. The Hall–Kier alpha value is -1.59. The second kappa shape index (κ2) is 6.37. The van der Waals surface area contributed by atoms with Gasteiger partial charge in [-0.05, 0) is 12.8 Å². The lowest BCUT2D eigenvalue weighted by molar-refractivity contribution is -0.154. The first-order chi connectivity index (χ1) is 8.50. The highest BCUT2D eigenvalue weighted by Gasteiger charge is 2.41. The van der Waals surface area contributed by atoms with Crippen molar-refractivity contribution in [3.8, 4) is 0 Å². The molecule has 0 saturated heterocycles. The number of carbonyl (C=O) groups excluding carboxylic acids is 2. The van der Waals surface area contributed by atoms with Gasteiger partial charge >= 0.3 is 11.9 Å². The van der Waals surface area contributed by atoms with Crippen LogP contribution >= 0.6 is 0 Å². The first-order valence-corrected chi connectivity index (χ1v) is 6.07. The average molecular weight is 257 g/mol. The summed E-state index contributed by atoms with van der Waals surface area (Å²) in [5, 5.41) is 11.7. The van der Waals surface area contributed by atoms with Crippen LogP contribution in [-0.4, -0.2) is 36.6 Å². The number of hydrogen-bond acceptors (Lipinski definition) is 4. The van der Waals surface area contributed by atoms with Gasteiger partial charge < -0.3 is 15.2 Å². The summed E-state index contributed by atoms with van der Waals surface area (Å²) < 4.78 is 4.39. The molecule has 1 saturated carbocycles. The Balaban J connectivity index is 2.53. The fourth-order valence-corrected chi connectivity index (χ4v) is 2.31. The third kappa shape index (κ3) is 3.72. The SMILES string of the molecule is COC(=O)CNC(=O)CC1(C(=O)O)CCCCC1. The molecule has 1 fully saturated rings. The summed E-state index contributed by atoms with van der Waals surface area (Å²) >= 11 is 0. The number of ether oxygens (including phenoxy) is 1. The molecule has 0 radical (unpaired) electrons. The minimum atomic E-state index is -0.960. The van der Waals surface area contributed by atoms with Crippen LogP contribution in [0.5, 0.6) is 0 Å². The summed E-state index contributed by atoms with van der Waals surface area (Å²) in [5.74, 6) is -1.88. The molecule has 0 atom stereocenters. The maximum atomic E-state index is 11.7. The minimum absolute atomic E-state index is 0.0701. The third-order valence-electron chi connectivity index (χ3n) is 3.42. The molecule has 0 spiro atoms. The number of carboxylic acids is 1. The number of esters is 1. The van der Waals surface area contributed by atoms with Crippen LogP contribution in [0.4, 0.5) is 0 Å². The van der Waals surface area contributed by atoms with Crippen LogP contribution in [-0.2, 0) is 19.1 Å². The van der Waals surface area contributed by atoms with E-state index in [-0.39, 0.29) is 13.0 Å². The van der Waals surface area contributed by atoms with E-state index < -0.39 is 23.3 Å². The minimum Gasteiger partial charge on any atom is -0.481 e. The lowest BCUT2D eigenvalue weighted by atomic mass is 9.71. The molecule has 1 aliphatic rings. The van der Waals surface area contributed by atoms with Gasteiger partial charge in [0.05, 0.1) is 12.5 Å². The molecule has 0 aliphatic heterocycles. The van der Waals surface area contributed by atoms with Crippen molar-refractivity contribution in [2.75, 3.05) is 13.7 Å². The zero-order chi connectivity index (χ0) is 13.6. The molecule has 6 heteroatoms. The van der Waals surface area contributed by atoms with Gasteiger partial charge in [-0.2, -0.15) is 0 Å². The third-order valence-corrected chi connectivity index (χ3v) is 3.42. The van der Waals surface area contributed by atoms with Gasteiger partial charge in [0.25, 0.3) is 0 Å². The molecule has 0 unspecified atom stereocenters. The number of aliphatic carboxylic acids is 1. The molecule has 2 N–H and O–H groups in total. The monoisotopic (exact) mass is 257 g/mol. The van der Waals surface area contributed by atoms with Crippen molar-refractivity contribution >= 4 is 17.8 Å². The second-order valence-electron chi connectivity index (χ2n) is 4.68. The summed E-state index contributed by atoms with van der Waals surface area (Å²) in [6.07, 6.45) is 3.65. The molecule has 1 rings (SSSR count). The standard InChI is InChI=1S/C12H19NO5/c1-18-10(15)8-13-9(14)7-12(11(16)17)5-3-2-4-6-12/h2-8H2,1H3,(H,13,14)(H,16,17). The van der Waals surface area contributed by atoms with Crippen LogP contribution in [0.3, 0.4) is 0 Å². The van der Waals surface area contributed by atoms with Gasteiger partial charge in [0.1, 0.15) is 6.54 Å². The lowest BCUT2D eigenvalue weighted by Crippen LogP contribution is -2.40. The van der Waals surface area contributed by atoms with E-state index in [0.29, 0.717) is 12.8 Å². The van der Waals surface area contributed by atoms with E-state index in [1.54, 1.807) is 0 Å². The average Bonchev–Trinajstić information content (AvgIpc) is 2.36. The smallest absolute Gasteiger partial charge is 0.325 e. The highest BCUT2D eigenvalue weighted by atomic mass is 16.5. The largest absolute Gasteiger partial charge is 0.481 e. The van der Waals surface area contributed by atoms with Crippen LogP contribution in [0.2, 0.25) is 0 Å². The Morgan fingerprint density at radius 3 is 2.33 bits per heavy atom. The zero-order valence-corrected chi connectivity index (χ0v) is 10.5. The van der Waals surface area contributed by atoms with E-state index in [0.717, 1.165) is 19.3 Å². The highest BCUT2D eigenvalue weighted by molar-refractivity contribution is 5.87. The Bertz CT molecular complexity index is 333. The molecule has 0 aromatic heterocycles. The van der Waals surface area contributed by atoms with Crippen molar-refractivity contribution < 1.29 is 24.2 Å². The Kier molecular flexibility index (Phi) is 5.12. The first-order valence-electron chi connectivity index (χ1n) is 6.07. The van der Waals surface area contributed by atoms with Crippen LogP contribution in [0.25, 0.3) is 0 Å². The summed E-state index contributed by atoms with van der Waals surface area (Å²) in [4.78, 5) is 33.9. The molecule has 0 heterocycles. The van der Waals surface area contributed by atoms with Crippen molar-refractivity contribution in [2.45, 2.75) is 38.5 Å². The van der Waals surface area contributed by atoms with Gasteiger partial charge in [0.15, 0.2) is 0 Å². The number of rotatable bonds is 5. The molecule has 0 bridgehead atoms. The maximum Gasteiger partial charge on any atom is 0.325 e. The van der Waals surface area contributed by atoms with E-state index in [9.17, 15) is 19.5 Å². The number of nitrogens with one attached hydrogen (secondary N) is 1. The van der Waals surface area contributed by atoms with Gasteiger partial charge in [0, 0.05) is 6.42 Å². The number of hydrogen-bond donors (Lipinski definition) is 2. The van der Waals surface area contributed by atoms with Gasteiger partial charge in [-0.3, -0.25) is 14.4 Å². The molecule has 1 aliphatic carbocycles. The molecular formula is C12H19NO5. The summed E-state index contributed by atoms with van der Waals surface area (Å²) in [6.45, 7) is -0.217. The topological polar surface area (TPSA) is 92.7 Å².